The van der Waals surface area contributed by atoms with Crippen molar-refractivity contribution < 1.29 is 4.39 Å². The van der Waals surface area contributed by atoms with Crippen molar-refractivity contribution >= 4 is 43.2 Å². The Morgan fingerprint density at radius 1 is 1.17 bits per heavy atom. The third-order valence-corrected chi connectivity index (χ3v) is 4.25. The molecule has 0 aliphatic heterocycles. The summed E-state index contributed by atoms with van der Waals surface area (Å²) in [6, 6.07) is 10.5. The van der Waals surface area contributed by atoms with Crippen molar-refractivity contribution in [3.05, 3.63) is 46.7 Å². The average molecular weight is 323 g/mol. The number of fused-ring (bicyclic) bond motifs is 1. The molecule has 3 rings (SSSR count). The molecule has 1 aromatic heterocycles. The fourth-order valence-corrected chi connectivity index (χ4v) is 3.08. The largest absolute Gasteiger partial charge is 0.399 e. The second-order valence-corrected chi connectivity index (χ2v) is 5.76. The van der Waals surface area contributed by atoms with Gasteiger partial charge in [-0.2, -0.15) is 0 Å². The number of nitrogens with zero attached hydrogens (tertiary/aromatic N) is 1. The first-order valence-corrected chi connectivity index (χ1v) is 6.86. The molecule has 0 saturated heterocycles. The number of nitrogen functional groups attached to an aromatic ring is 1. The van der Waals surface area contributed by atoms with Gasteiger partial charge in [0.2, 0.25) is 0 Å². The maximum atomic E-state index is 13.2. The van der Waals surface area contributed by atoms with E-state index >= 15 is 0 Å². The summed E-state index contributed by atoms with van der Waals surface area (Å²) in [4.78, 5) is 4.51. The summed E-state index contributed by atoms with van der Waals surface area (Å²) in [6.45, 7) is 0. The minimum Gasteiger partial charge on any atom is -0.399 e. The predicted octanol–water partition coefficient (Wildman–Crippen LogP) is 4.45. The number of anilines is 1. The summed E-state index contributed by atoms with van der Waals surface area (Å²) in [5.74, 6) is -0.274. The first-order valence-electron chi connectivity index (χ1n) is 5.25. The highest BCUT2D eigenvalue weighted by Crippen LogP contribution is 2.32. The molecule has 18 heavy (non-hydrogen) atoms. The van der Waals surface area contributed by atoms with Gasteiger partial charge < -0.3 is 5.73 Å². The van der Waals surface area contributed by atoms with Gasteiger partial charge in [-0.25, -0.2) is 9.37 Å². The maximum Gasteiger partial charge on any atom is 0.137 e. The van der Waals surface area contributed by atoms with Crippen LogP contribution in [-0.2, 0) is 0 Å². The Morgan fingerprint density at radius 2 is 2.00 bits per heavy atom. The quantitative estimate of drug-likeness (QED) is 0.672. The number of halogens is 2. The average Bonchev–Trinajstić information content (AvgIpc) is 2.75. The lowest BCUT2D eigenvalue weighted by Gasteiger charge is -1.97. The van der Waals surface area contributed by atoms with E-state index < -0.39 is 0 Å². The molecule has 5 heteroatoms. The van der Waals surface area contributed by atoms with Crippen LogP contribution in [0.25, 0.3) is 20.8 Å². The zero-order valence-corrected chi connectivity index (χ0v) is 11.6. The van der Waals surface area contributed by atoms with Gasteiger partial charge in [-0.05, 0) is 52.3 Å². The van der Waals surface area contributed by atoms with Crippen LogP contribution >= 0.6 is 27.3 Å². The molecule has 0 fully saturated rings. The highest BCUT2D eigenvalue weighted by Gasteiger charge is 2.08. The van der Waals surface area contributed by atoms with Crippen molar-refractivity contribution in [1.82, 2.24) is 4.98 Å². The molecular formula is C13H8BrFN2S. The zero-order valence-electron chi connectivity index (χ0n) is 9.15. The monoisotopic (exact) mass is 322 g/mol. The Labute approximate surface area is 115 Å². The molecule has 0 aliphatic rings. The number of rotatable bonds is 1. The van der Waals surface area contributed by atoms with Gasteiger partial charge in [0.1, 0.15) is 10.8 Å². The second-order valence-electron chi connectivity index (χ2n) is 3.88. The topological polar surface area (TPSA) is 38.9 Å². The lowest BCUT2D eigenvalue weighted by atomic mass is 10.2. The molecule has 2 nitrogen and oxygen atoms in total. The Morgan fingerprint density at radius 3 is 2.78 bits per heavy atom. The van der Waals surface area contributed by atoms with Crippen LogP contribution < -0.4 is 5.73 Å². The molecule has 0 amide bonds. The number of nitrogens with two attached hydrogens (primary N) is 1. The van der Waals surface area contributed by atoms with Crippen molar-refractivity contribution in [3.8, 4) is 10.6 Å². The lowest BCUT2D eigenvalue weighted by Crippen LogP contribution is -1.81. The zero-order chi connectivity index (χ0) is 12.7. The van der Waals surface area contributed by atoms with Crippen molar-refractivity contribution in [2.45, 2.75) is 0 Å². The summed E-state index contributed by atoms with van der Waals surface area (Å²) >= 11 is 4.73. The molecule has 1 heterocycles. The maximum absolute atomic E-state index is 13.2. The number of benzene rings is 2. The molecule has 3 aromatic rings. The van der Waals surface area contributed by atoms with E-state index in [1.165, 1.54) is 6.07 Å². The number of aromatic nitrogens is 1. The van der Waals surface area contributed by atoms with E-state index in [-0.39, 0.29) is 5.82 Å². The Bertz CT molecular complexity index is 739. The van der Waals surface area contributed by atoms with Gasteiger partial charge in [-0.1, -0.05) is 0 Å². The van der Waals surface area contributed by atoms with E-state index in [4.69, 9.17) is 5.73 Å². The van der Waals surface area contributed by atoms with Crippen LogP contribution in [0.5, 0.6) is 0 Å². The van der Waals surface area contributed by atoms with Gasteiger partial charge in [0.25, 0.3) is 0 Å². The second kappa shape index (κ2) is 4.33. The minimum atomic E-state index is -0.274. The molecule has 0 saturated carbocycles. The Hall–Kier alpha value is -1.46. The molecule has 90 valence electrons. The van der Waals surface area contributed by atoms with Crippen LogP contribution in [0.1, 0.15) is 0 Å². The van der Waals surface area contributed by atoms with E-state index in [1.807, 2.05) is 18.2 Å². The Kier molecular flexibility index (Phi) is 2.80. The molecular weight excluding hydrogens is 315 g/mol. The first-order chi connectivity index (χ1) is 8.63. The van der Waals surface area contributed by atoms with E-state index in [0.29, 0.717) is 4.47 Å². The summed E-state index contributed by atoms with van der Waals surface area (Å²) in [5.41, 5.74) is 8.26. The van der Waals surface area contributed by atoms with Crippen LogP contribution in [0.15, 0.2) is 40.9 Å². The third kappa shape index (κ3) is 2.00. The van der Waals surface area contributed by atoms with Crippen LogP contribution in [0.2, 0.25) is 0 Å². The minimum absolute atomic E-state index is 0.274. The molecule has 0 atom stereocenters. The van der Waals surface area contributed by atoms with E-state index in [2.05, 4.69) is 20.9 Å². The van der Waals surface area contributed by atoms with Gasteiger partial charge in [-0.3, -0.25) is 0 Å². The van der Waals surface area contributed by atoms with Gasteiger partial charge in [0, 0.05) is 11.3 Å². The van der Waals surface area contributed by atoms with Gasteiger partial charge in [0.15, 0.2) is 0 Å². The van der Waals surface area contributed by atoms with E-state index in [0.717, 1.165) is 26.5 Å². The first kappa shape index (κ1) is 11.6. The fourth-order valence-electron chi connectivity index (χ4n) is 1.69. The van der Waals surface area contributed by atoms with Crippen molar-refractivity contribution in [1.29, 1.82) is 0 Å². The molecule has 0 unspecified atom stereocenters. The van der Waals surface area contributed by atoms with Gasteiger partial charge in [0.05, 0.1) is 14.7 Å². The summed E-state index contributed by atoms with van der Waals surface area (Å²) in [5, 5.41) is 0.858. The van der Waals surface area contributed by atoms with Crippen LogP contribution in [0, 0.1) is 5.82 Å². The summed E-state index contributed by atoms with van der Waals surface area (Å²) < 4.78 is 14.7. The lowest BCUT2D eigenvalue weighted by molar-refractivity contribution is 0.621. The number of thiazole rings is 1. The number of hydrogen-bond donors (Lipinski definition) is 1. The predicted molar refractivity (Wildman–Crippen MR) is 77.1 cm³/mol. The normalized spacial score (nSPS) is 11.0. The molecule has 2 N–H and O–H groups in total. The highest BCUT2D eigenvalue weighted by molar-refractivity contribution is 9.10. The molecule has 0 spiro atoms. The van der Waals surface area contributed by atoms with Crippen LogP contribution in [-0.4, -0.2) is 4.98 Å². The fraction of sp³-hybridized carbons (Fsp3) is 0. The van der Waals surface area contributed by atoms with Crippen LogP contribution in [0.3, 0.4) is 0 Å². The standard InChI is InChI=1S/C13H8BrFN2S/c14-9-5-7(1-3-10(9)15)13-17-11-4-2-8(16)6-12(11)18-13/h1-6H,16H2. The van der Waals surface area contributed by atoms with E-state index in [1.54, 1.807) is 23.5 Å². The molecule has 0 aliphatic carbocycles. The summed E-state index contributed by atoms with van der Waals surface area (Å²) in [7, 11) is 0. The Balaban J connectivity index is 2.16. The van der Waals surface area contributed by atoms with Gasteiger partial charge in [-0.15, -0.1) is 11.3 Å². The highest BCUT2D eigenvalue weighted by atomic mass is 79.9. The molecule has 0 radical (unpaired) electrons. The number of hydrogen-bond acceptors (Lipinski definition) is 3. The molecule has 2 aromatic carbocycles. The van der Waals surface area contributed by atoms with Gasteiger partial charge >= 0.3 is 0 Å². The summed E-state index contributed by atoms with van der Waals surface area (Å²) in [6.07, 6.45) is 0. The SMILES string of the molecule is Nc1ccc2nc(-c3ccc(F)c(Br)c3)sc2c1. The molecule has 0 bridgehead atoms. The van der Waals surface area contributed by atoms with Crippen molar-refractivity contribution in [2.24, 2.45) is 0 Å². The van der Waals surface area contributed by atoms with Crippen LogP contribution in [0.4, 0.5) is 10.1 Å². The van der Waals surface area contributed by atoms with Crippen molar-refractivity contribution in [3.63, 3.8) is 0 Å². The smallest absolute Gasteiger partial charge is 0.137 e. The van der Waals surface area contributed by atoms with Crippen molar-refractivity contribution in [2.75, 3.05) is 5.73 Å². The van der Waals surface area contributed by atoms with E-state index in [9.17, 15) is 4.39 Å². The third-order valence-electron chi connectivity index (χ3n) is 2.58.